The van der Waals surface area contributed by atoms with Crippen molar-refractivity contribution >= 4 is 17.3 Å². The highest BCUT2D eigenvalue weighted by Gasteiger charge is 2.08. The average molecular weight is 296 g/mol. The number of para-hydroxylation sites is 1. The fourth-order valence-corrected chi connectivity index (χ4v) is 2.43. The quantitative estimate of drug-likeness (QED) is 0.840. The summed E-state index contributed by atoms with van der Waals surface area (Å²) in [6, 6.07) is 14.3. The summed E-state index contributed by atoms with van der Waals surface area (Å²) in [5, 5.41) is 6.18. The summed E-state index contributed by atoms with van der Waals surface area (Å²) in [7, 11) is 0. The molecule has 2 rings (SSSR count). The van der Waals surface area contributed by atoms with Crippen molar-refractivity contribution in [2.75, 3.05) is 17.2 Å². The first-order chi connectivity index (χ1) is 10.6. The second-order valence-electron chi connectivity index (χ2n) is 5.41. The molecule has 0 aromatic heterocycles. The van der Waals surface area contributed by atoms with Gasteiger partial charge in [-0.2, -0.15) is 0 Å². The third-order valence-corrected chi connectivity index (χ3v) is 3.82. The molecule has 0 spiro atoms. The fraction of sp³-hybridized carbons (Fsp3) is 0.316. The van der Waals surface area contributed by atoms with Crippen LogP contribution in [0.1, 0.15) is 30.5 Å². The minimum absolute atomic E-state index is 0.0245. The monoisotopic (exact) mass is 296 g/mol. The van der Waals surface area contributed by atoms with Gasteiger partial charge in [0.2, 0.25) is 5.91 Å². The molecule has 3 heteroatoms. The van der Waals surface area contributed by atoms with E-state index in [1.165, 1.54) is 11.1 Å². The maximum Gasteiger partial charge on any atom is 0.243 e. The lowest BCUT2D eigenvalue weighted by atomic mass is 10.1. The first kappa shape index (κ1) is 16.1. The van der Waals surface area contributed by atoms with Gasteiger partial charge in [0.25, 0.3) is 0 Å². The summed E-state index contributed by atoms with van der Waals surface area (Å²) in [6.07, 6.45) is 1.93. The van der Waals surface area contributed by atoms with Crippen molar-refractivity contribution in [2.24, 2.45) is 0 Å². The van der Waals surface area contributed by atoms with Crippen LogP contribution in [-0.4, -0.2) is 12.5 Å². The Labute approximate surface area is 132 Å². The average Bonchev–Trinajstić information content (AvgIpc) is 2.55. The summed E-state index contributed by atoms with van der Waals surface area (Å²) < 4.78 is 0. The van der Waals surface area contributed by atoms with E-state index in [0.717, 1.165) is 29.8 Å². The first-order valence-electron chi connectivity index (χ1n) is 7.85. The van der Waals surface area contributed by atoms with E-state index in [4.69, 9.17) is 0 Å². The van der Waals surface area contributed by atoms with Crippen LogP contribution in [0.15, 0.2) is 42.5 Å². The van der Waals surface area contributed by atoms with Gasteiger partial charge in [0.1, 0.15) is 0 Å². The molecule has 0 saturated heterocycles. The van der Waals surface area contributed by atoms with Crippen molar-refractivity contribution in [3.63, 3.8) is 0 Å². The third-order valence-electron chi connectivity index (χ3n) is 3.82. The molecule has 2 N–H and O–H groups in total. The third kappa shape index (κ3) is 4.10. The normalized spacial score (nSPS) is 10.3. The molecule has 0 saturated carbocycles. The van der Waals surface area contributed by atoms with Gasteiger partial charge >= 0.3 is 0 Å². The molecule has 0 aliphatic carbocycles. The predicted octanol–water partition coefficient (Wildman–Crippen LogP) is 4.17. The van der Waals surface area contributed by atoms with Crippen LogP contribution in [0.5, 0.6) is 0 Å². The van der Waals surface area contributed by atoms with Gasteiger partial charge in [-0.25, -0.2) is 0 Å². The minimum Gasteiger partial charge on any atom is -0.376 e. The molecule has 0 unspecified atom stereocenters. The van der Waals surface area contributed by atoms with Gasteiger partial charge in [0, 0.05) is 11.4 Å². The number of carbonyl (C=O) groups is 1. The predicted molar refractivity (Wildman–Crippen MR) is 93.5 cm³/mol. The Hall–Kier alpha value is -2.29. The number of hydrogen-bond acceptors (Lipinski definition) is 2. The Morgan fingerprint density at radius 3 is 2.36 bits per heavy atom. The first-order valence-corrected chi connectivity index (χ1v) is 7.85. The van der Waals surface area contributed by atoms with Gasteiger partial charge in [-0.05, 0) is 48.6 Å². The zero-order valence-electron chi connectivity index (χ0n) is 13.6. The van der Waals surface area contributed by atoms with Crippen LogP contribution < -0.4 is 10.6 Å². The van der Waals surface area contributed by atoms with Gasteiger partial charge in [0.05, 0.1) is 6.54 Å². The zero-order valence-corrected chi connectivity index (χ0v) is 13.6. The van der Waals surface area contributed by atoms with Gasteiger partial charge in [-0.15, -0.1) is 0 Å². The smallest absolute Gasteiger partial charge is 0.243 e. The molecule has 3 nitrogen and oxygen atoms in total. The van der Waals surface area contributed by atoms with Crippen molar-refractivity contribution in [3.8, 4) is 0 Å². The summed E-state index contributed by atoms with van der Waals surface area (Å²) in [6.45, 7) is 6.51. The van der Waals surface area contributed by atoms with E-state index in [0.29, 0.717) is 0 Å². The van der Waals surface area contributed by atoms with Crippen LogP contribution in [-0.2, 0) is 17.6 Å². The van der Waals surface area contributed by atoms with Crippen LogP contribution in [0, 0.1) is 6.92 Å². The molecule has 0 heterocycles. The standard InChI is InChI=1S/C19H24N2O/c1-4-15-9-11-17(12-10-15)20-13-18(22)21-19-14(3)7-6-8-16(19)5-2/h6-12,20H,4-5,13H2,1-3H3,(H,21,22). The molecule has 0 atom stereocenters. The summed E-state index contributed by atoms with van der Waals surface area (Å²) in [4.78, 5) is 12.2. The number of amides is 1. The number of nitrogens with one attached hydrogen (secondary N) is 2. The fourth-order valence-electron chi connectivity index (χ4n) is 2.43. The Morgan fingerprint density at radius 1 is 1.00 bits per heavy atom. The van der Waals surface area contributed by atoms with Gasteiger partial charge in [0.15, 0.2) is 0 Å². The van der Waals surface area contributed by atoms with E-state index in [9.17, 15) is 4.79 Å². The molecule has 2 aromatic rings. The summed E-state index contributed by atoms with van der Waals surface area (Å²) in [5.41, 5.74) is 5.47. The summed E-state index contributed by atoms with van der Waals surface area (Å²) in [5.74, 6) is -0.0245. The lowest BCUT2D eigenvalue weighted by Gasteiger charge is -2.13. The summed E-state index contributed by atoms with van der Waals surface area (Å²) >= 11 is 0. The molecule has 2 aromatic carbocycles. The van der Waals surface area contributed by atoms with Crippen molar-refractivity contribution in [1.82, 2.24) is 0 Å². The number of aryl methyl sites for hydroxylation is 3. The Kier molecular flexibility index (Phi) is 5.59. The molecule has 0 aliphatic rings. The van der Waals surface area contributed by atoms with Crippen molar-refractivity contribution in [2.45, 2.75) is 33.6 Å². The largest absolute Gasteiger partial charge is 0.376 e. The van der Waals surface area contributed by atoms with E-state index < -0.39 is 0 Å². The Morgan fingerprint density at radius 2 is 1.73 bits per heavy atom. The number of anilines is 2. The molecule has 0 fully saturated rings. The second kappa shape index (κ2) is 7.64. The van der Waals surface area contributed by atoms with Gasteiger partial charge in [-0.1, -0.05) is 44.2 Å². The van der Waals surface area contributed by atoms with E-state index in [2.05, 4.69) is 42.7 Å². The Balaban J connectivity index is 1.95. The van der Waals surface area contributed by atoms with Crippen LogP contribution >= 0.6 is 0 Å². The molecular formula is C19H24N2O. The zero-order chi connectivity index (χ0) is 15.9. The molecule has 116 valence electrons. The van der Waals surface area contributed by atoms with E-state index >= 15 is 0 Å². The molecule has 0 aliphatic heterocycles. The molecular weight excluding hydrogens is 272 g/mol. The van der Waals surface area contributed by atoms with Crippen LogP contribution in [0.2, 0.25) is 0 Å². The Bertz CT molecular complexity index is 632. The highest BCUT2D eigenvalue weighted by molar-refractivity contribution is 5.95. The maximum atomic E-state index is 12.2. The van der Waals surface area contributed by atoms with Gasteiger partial charge < -0.3 is 10.6 Å². The van der Waals surface area contributed by atoms with Crippen molar-refractivity contribution in [3.05, 3.63) is 59.2 Å². The molecule has 0 bridgehead atoms. The lowest BCUT2D eigenvalue weighted by molar-refractivity contribution is -0.114. The highest BCUT2D eigenvalue weighted by Crippen LogP contribution is 2.21. The molecule has 0 radical (unpaired) electrons. The second-order valence-corrected chi connectivity index (χ2v) is 5.41. The van der Waals surface area contributed by atoms with E-state index in [-0.39, 0.29) is 12.5 Å². The molecule has 22 heavy (non-hydrogen) atoms. The van der Waals surface area contributed by atoms with E-state index in [1.807, 2.05) is 31.2 Å². The minimum atomic E-state index is -0.0245. The van der Waals surface area contributed by atoms with Gasteiger partial charge in [-0.3, -0.25) is 4.79 Å². The van der Waals surface area contributed by atoms with E-state index in [1.54, 1.807) is 0 Å². The lowest BCUT2D eigenvalue weighted by Crippen LogP contribution is -2.22. The van der Waals surface area contributed by atoms with Crippen molar-refractivity contribution < 1.29 is 4.79 Å². The number of carbonyl (C=O) groups excluding carboxylic acids is 1. The SMILES string of the molecule is CCc1ccc(NCC(=O)Nc2c(C)cccc2CC)cc1. The van der Waals surface area contributed by atoms with Crippen LogP contribution in [0.25, 0.3) is 0 Å². The molecule has 1 amide bonds. The van der Waals surface area contributed by atoms with Crippen LogP contribution in [0.3, 0.4) is 0 Å². The van der Waals surface area contributed by atoms with Crippen molar-refractivity contribution in [1.29, 1.82) is 0 Å². The number of hydrogen-bond donors (Lipinski definition) is 2. The van der Waals surface area contributed by atoms with Crippen LogP contribution in [0.4, 0.5) is 11.4 Å². The highest BCUT2D eigenvalue weighted by atomic mass is 16.1. The number of rotatable bonds is 6. The number of benzene rings is 2. The topological polar surface area (TPSA) is 41.1 Å². The maximum absolute atomic E-state index is 12.2.